The molecule has 1 aliphatic carbocycles. The number of aliphatic carboxylic acids is 1. The van der Waals surface area contributed by atoms with Crippen LogP contribution in [0.3, 0.4) is 0 Å². The molecule has 0 bridgehead atoms. The minimum Gasteiger partial charge on any atom is -0.481 e. The topological polar surface area (TPSA) is 37.3 Å². The molecule has 0 saturated heterocycles. The van der Waals surface area contributed by atoms with Crippen LogP contribution in [0.5, 0.6) is 0 Å². The van der Waals surface area contributed by atoms with Gasteiger partial charge in [0.25, 0.3) is 0 Å². The molecule has 3 unspecified atom stereocenters. The number of benzene rings is 1. The van der Waals surface area contributed by atoms with E-state index < -0.39 is 21.2 Å². The van der Waals surface area contributed by atoms with Gasteiger partial charge in [-0.2, -0.15) is 8.78 Å². The predicted octanol–water partition coefficient (Wildman–Crippen LogP) is 3.81. The number of rotatable bonds is 3. The maximum atomic E-state index is 13.2. The zero-order valence-corrected chi connectivity index (χ0v) is 11.8. The van der Waals surface area contributed by atoms with Gasteiger partial charge in [0, 0.05) is 34.1 Å². The van der Waals surface area contributed by atoms with E-state index in [-0.39, 0.29) is 11.5 Å². The van der Waals surface area contributed by atoms with Gasteiger partial charge in [-0.05, 0) is 18.6 Å². The van der Waals surface area contributed by atoms with Gasteiger partial charge in [0.2, 0.25) is 0 Å². The van der Waals surface area contributed by atoms with Gasteiger partial charge in [0.05, 0.1) is 6.92 Å². The van der Waals surface area contributed by atoms with E-state index in [4.69, 9.17) is 5.11 Å². The van der Waals surface area contributed by atoms with Crippen LogP contribution >= 0.6 is 22.6 Å². The molecule has 0 aromatic heterocycles. The number of hydrogen-bond donors (Lipinski definition) is 1. The summed E-state index contributed by atoms with van der Waals surface area (Å²) in [5.74, 6) is -1.83. The van der Waals surface area contributed by atoms with Crippen molar-refractivity contribution >= 4 is 28.6 Å². The fourth-order valence-electron chi connectivity index (χ4n) is 2.47. The molecular formula is C13H12F2IO2+. The quantitative estimate of drug-likeness (QED) is 0.503. The molecule has 96 valence electrons. The Morgan fingerprint density at radius 3 is 2.61 bits per heavy atom. The highest BCUT2D eigenvalue weighted by Crippen LogP contribution is 2.64. The van der Waals surface area contributed by atoms with Crippen LogP contribution in [0, 0.1) is 18.3 Å². The summed E-state index contributed by atoms with van der Waals surface area (Å²) in [5, 5.41) is 9.06. The van der Waals surface area contributed by atoms with E-state index in [0.717, 1.165) is 22.6 Å². The first-order valence-corrected chi connectivity index (χ1v) is 6.49. The number of carbonyl (C=O) groups is 1. The lowest BCUT2D eigenvalue weighted by Gasteiger charge is -2.10. The lowest BCUT2D eigenvalue weighted by atomic mass is 10.0. The molecule has 0 heterocycles. The molecule has 0 radical (unpaired) electrons. The second-order valence-electron chi connectivity index (χ2n) is 4.92. The summed E-state index contributed by atoms with van der Waals surface area (Å²) in [6.45, 7) is 5.61. The second kappa shape index (κ2) is 4.08. The Balaban J connectivity index is 2.34. The Bertz CT molecular complexity index is 494. The summed E-state index contributed by atoms with van der Waals surface area (Å²) in [7, 11) is 0. The van der Waals surface area contributed by atoms with Crippen molar-refractivity contribution in [2.24, 2.45) is 11.3 Å². The molecule has 3 atom stereocenters. The third-order valence-electron chi connectivity index (χ3n) is 3.48. The molecule has 5 heteroatoms. The van der Waals surface area contributed by atoms with Gasteiger partial charge in [-0.15, -0.1) is 0 Å². The molecule has 18 heavy (non-hydrogen) atoms. The van der Waals surface area contributed by atoms with Crippen molar-refractivity contribution in [3.63, 3.8) is 0 Å². The summed E-state index contributed by atoms with van der Waals surface area (Å²) in [4.78, 5) is 11.1. The Hall–Kier alpha value is -0.850. The molecule has 2 nitrogen and oxygen atoms in total. The molecule has 2 rings (SSSR count). The van der Waals surface area contributed by atoms with E-state index in [1.54, 1.807) is 13.0 Å². The normalized spacial score (nSPS) is 31.1. The second-order valence-corrected chi connectivity index (χ2v) is 6.28. The fourth-order valence-corrected chi connectivity index (χ4v) is 2.81. The highest BCUT2D eigenvalue weighted by Gasteiger charge is 2.69. The van der Waals surface area contributed by atoms with Gasteiger partial charge >= 0.3 is 9.90 Å². The number of alkyl halides is 3. The van der Waals surface area contributed by atoms with E-state index in [1.807, 2.05) is 0 Å². The average Bonchev–Trinajstić information content (AvgIpc) is 2.81. The molecule has 0 spiro atoms. The minimum atomic E-state index is -2.95. The molecule has 1 aromatic rings. The lowest BCUT2D eigenvalue weighted by Crippen LogP contribution is -2.04. The summed E-state index contributed by atoms with van der Waals surface area (Å²) in [5.41, 5.74) is -0.105. The van der Waals surface area contributed by atoms with Crippen LogP contribution in [0.4, 0.5) is 8.78 Å². The SMILES string of the molecule is [CH2+]C1(C)C(C(=O)O)C1c1cccc(C(F)(F)I)c1. The maximum absolute atomic E-state index is 13.2. The van der Waals surface area contributed by atoms with Crippen LogP contribution in [0.2, 0.25) is 0 Å². The van der Waals surface area contributed by atoms with Crippen LogP contribution in [-0.4, -0.2) is 11.1 Å². The highest BCUT2D eigenvalue weighted by molar-refractivity contribution is 14.1. The van der Waals surface area contributed by atoms with E-state index in [1.165, 1.54) is 18.2 Å². The first-order chi connectivity index (χ1) is 8.15. The van der Waals surface area contributed by atoms with Crippen LogP contribution in [0.1, 0.15) is 24.0 Å². The van der Waals surface area contributed by atoms with Crippen LogP contribution in [-0.2, 0) is 8.72 Å². The number of halogens is 3. The van der Waals surface area contributed by atoms with E-state index in [0.29, 0.717) is 5.56 Å². The summed E-state index contributed by atoms with van der Waals surface area (Å²) in [6.07, 6.45) is 0. The standard InChI is InChI=1S/C13H11F2IO2/c1-12(2)9(10(12)11(17)18)7-4-3-5-8(6-7)13(14,15)16/h3-6,9-10H,1H2,2H3/p+1. The van der Waals surface area contributed by atoms with Crippen molar-refractivity contribution in [1.29, 1.82) is 0 Å². The van der Waals surface area contributed by atoms with Gasteiger partial charge in [-0.1, -0.05) is 18.2 Å². The van der Waals surface area contributed by atoms with Crippen LogP contribution in [0.15, 0.2) is 24.3 Å². The van der Waals surface area contributed by atoms with Gasteiger partial charge in [0.15, 0.2) is 0 Å². The number of carboxylic acid groups (broad SMARTS) is 1. The summed E-state index contributed by atoms with van der Waals surface area (Å²) in [6, 6.07) is 5.94. The molecule has 1 aromatic carbocycles. The van der Waals surface area contributed by atoms with Gasteiger partial charge in [-0.25, -0.2) is 0 Å². The maximum Gasteiger partial charge on any atom is 0.321 e. The first-order valence-electron chi connectivity index (χ1n) is 5.41. The molecule has 1 saturated carbocycles. The zero-order valence-electron chi connectivity index (χ0n) is 9.66. The van der Waals surface area contributed by atoms with Crippen molar-refractivity contribution in [2.75, 3.05) is 0 Å². The molecule has 0 amide bonds. The van der Waals surface area contributed by atoms with Gasteiger partial charge in [0.1, 0.15) is 11.3 Å². The van der Waals surface area contributed by atoms with Crippen LogP contribution in [0.25, 0.3) is 0 Å². The Kier molecular flexibility index (Phi) is 3.08. The molecule has 1 aliphatic rings. The van der Waals surface area contributed by atoms with Gasteiger partial charge < -0.3 is 5.11 Å². The van der Waals surface area contributed by atoms with Crippen molar-refractivity contribution in [3.8, 4) is 0 Å². The van der Waals surface area contributed by atoms with E-state index in [2.05, 4.69) is 6.92 Å². The van der Waals surface area contributed by atoms with Crippen molar-refractivity contribution in [1.82, 2.24) is 0 Å². The van der Waals surface area contributed by atoms with E-state index in [9.17, 15) is 13.6 Å². The number of hydrogen-bond acceptors (Lipinski definition) is 1. The van der Waals surface area contributed by atoms with Gasteiger partial charge in [-0.3, -0.25) is 4.79 Å². The lowest BCUT2D eigenvalue weighted by molar-refractivity contribution is -0.139. The Morgan fingerprint density at radius 1 is 1.56 bits per heavy atom. The fraction of sp³-hybridized carbons (Fsp3) is 0.385. The third kappa shape index (κ3) is 2.20. The summed E-state index contributed by atoms with van der Waals surface area (Å²) < 4.78 is 23.5. The minimum absolute atomic E-state index is 0.104. The van der Waals surface area contributed by atoms with E-state index >= 15 is 0 Å². The Labute approximate surface area is 118 Å². The van der Waals surface area contributed by atoms with Crippen molar-refractivity contribution in [2.45, 2.75) is 16.8 Å². The molecule has 0 aliphatic heterocycles. The molecular weight excluding hydrogens is 353 g/mol. The monoisotopic (exact) mass is 365 g/mol. The number of carboxylic acids is 1. The smallest absolute Gasteiger partial charge is 0.321 e. The first kappa shape index (κ1) is 13.6. The van der Waals surface area contributed by atoms with Crippen molar-refractivity contribution in [3.05, 3.63) is 42.3 Å². The Morgan fingerprint density at radius 2 is 2.17 bits per heavy atom. The van der Waals surface area contributed by atoms with Crippen LogP contribution < -0.4 is 0 Å². The third-order valence-corrected chi connectivity index (χ3v) is 4.11. The predicted molar refractivity (Wildman–Crippen MR) is 71.7 cm³/mol. The molecule has 1 N–H and O–H groups in total. The molecule has 1 fully saturated rings. The summed E-state index contributed by atoms with van der Waals surface area (Å²) >= 11 is 1.07. The largest absolute Gasteiger partial charge is 0.481 e. The highest BCUT2D eigenvalue weighted by atomic mass is 127. The average molecular weight is 365 g/mol. The van der Waals surface area contributed by atoms with Crippen molar-refractivity contribution < 1.29 is 18.7 Å². The zero-order chi connectivity index (χ0) is 13.7.